The first-order valence-corrected chi connectivity index (χ1v) is 6.52. The molecule has 0 atom stereocenters. The topological polar surface area (TPSA) is 94.5 Å². The maximum atomic E-state index is 10.8. The Morgan fingerprint density at radius 2 is 2.10 bits per heavy atom. The third-order valence-corrected chi connectivity index (χ3v) is 3.36. The van der Waals surface area contributed by atoms with E-state index < -0.39 is 4.92 Å². The largest absolute Gasteiger partial charge is 0.491 e. The SMILES string of the molecule is Nc1nc(N2CCOc3ccccc3C2)ccc1[N+](=O)[O-]. The quantitative estimate of drug-likeness (QED) is 0.670. The van der Waals surface area contributed by atoms with Crippen molar-refractivity contribution in [1.29, 1.82) is 0 Å². The summed E-state index contributed by atoms with van der Waals surface area (Å²) in [6.07, 6.45) is 0. The fraction of sp³-hybridized carbons (Fsp3) is 0.214. The molecule has 0 saturated heterocycles. The molecule has 7 nitrogen and oxygen atoms in total. The molecule has 2 heterocycles. The summed E-state index contributed by atoms with van der Waals surface area (Å²) in [5.41, 5.74) is 6.53. The number of hydrogen-bond donors (Lipinski definition) is 1. The summed E-state index contributed by atoms with van der Waals surface area (Å²) in [4.78, 5) is 16.4. The van der Waals surface area contributed by atoms with Crippen LogP contribution in [0.3, 0.4) is 0 Å². The van der Waals surface area contributed by atoms with Crippen molar-refractivity contribution in [2.24, 2.45) is 0 Å². The molecule has 1 aromatic heterocycles. The summed E-state index contributed by atoms with van der Waals surface area (Å²) in [5.74, 6) is 1.39. The van der Waals surface area contributed by atoms with E-state index in [1.165, 1.54) is 6.07 Å². The lowest BCUT2D eigenvalue weighted by Gasteiger charge is -2.20. The van der Waals surface area contributed by atoms with Crippen molar-refractivity contribution in [3.05, 3.63) is 52.1 Å². The third-order valence-electron chi connectivity index (χ3n) is 3.36. The number of anilines is 2. The smallest absolute Gasteiger partial charge is 0.311 e. The van der Waals surface area contributed by atoms with Gasteiger partial charge in [0.25, 0.3) is 0 Å². The van der Waals surface area contributed by atoms with Crippen LogP contribution in [0.2, 0.25) is 0 Å². The Bertz CT molecular complexity index is 690. The Morgan fingerprint density at radius 3 is 2.86 bits per heavy atom. The van der Waals surface area contributed by atoms with E-state index in [1.807, 2.05) is 29.2 Å². The predicted octanol–water partition coefficient (Wildman–Crippen LogP) is 1.97. The molecule has 3 rings (SSSR count). The van der Waals surface area contributed by atoms with Crippen molar-refractivity contribution >= 4 is 17.3 Å². The Kier molecular flexibility index (Phi) is 3.31. The minimum Gasteiger partial charge on any atom is -0.491 e. The van der Waals surface area contributed by atoms with Crippen LogP contribution in [-0.4, -0.2) is 23.1 Å². The van der Waals surface area contributed by atoms with Crippen LogP contribution < -0.4 is 15.4 Å². The van der Waals surface area contributed by atoms with Crippen LogP contribution in [-0.2, 0) is 6.54 Å². The van der Waals surface area contributed by atoms with Gasteiger partial charge in [-0.15, -0.1) is 0 Å². The molecule has 0 aliphatic carbocycles. The molecule has 0 saturated carbocycles. The summed E-state index contributed by atoms with van der Waals surface area (Å²) in [6, 6.07) is 10.8. The van der Waals surface area contributed by atoms with Crippen molar-refractivity contribution in [1.82, 2.24) is 4.98 Å². The predicted molar refractivity (Wildman–Crippen MR) is 78.3 cm³/mol. The van der Waals surface area contributed by atoms with E-state index in [1.54, 1.807) is 6.07 Å². The average molecular weight is 286 g/mol. The zero-order valence-corrected chi connectivity index (χ0v) is 11.2. The number of pyridine rings is 1. The number of ether oxygens (including phenoxy) is 1. The van der Waals surface area contributed by atoms with E-state index in [9.17, 15) is 10.1 Å². The van der Waals surface area contributed by atoms with E-state index in [0.717, 1.165) is 11.3 Å². The summed E-state index contributed by atoms with van der Waals surface area (Å²) in [6.45, 7) is 1.79. The normalized spacial score (nSPS) is 14.0. The van der Waals surface area contributed by atoms with E-state index in [0.29, 0.717) is 25.5 Å². The van der Waals surface area contributed by atoms with Gasteiger partial charge in [0.2, 0.25) is 5.82 Å². The number of nitro groups is 1. The van der Waals surface area contributed by atoms with Crippen molar-refractivity contribution in [2.75, 3.05) is 23.8 Å². The van der Waals surface area contributed by atoms with Gasteiger partial charge < -0.3 is 15.4 Å². The van der Waals surface area contributed by atoms with Crippen molar-refractivity contribution in [2.45, 2.75) is 6.54 Å². The Hall–Kier alpha value is -2.83. The van der Waals surface area contributed by atoms with Crippen LogP contribution >= 0.6 is 0 Å². The van der Waals surface area contributed by atoms with E-state index >= 15 is 0 Å². The molecule has 1 aromatic carbocycles. The standard InChI is InChI=1S/C14H14N4O3/c15-14-11(18(19)20)5-6-13(16-14)17-7-8-21-12-4-2-1-3-10(12)9-17/h1-6H,7-9H2,(H2,15,16). The molecule has 21 heavy (non-hydrogen) atoms. The van der Waals surface area contributed by atoms with Gasteiger partial charge in [-0.3, -0.25) is 10.1 Å². The molecule has 0 amide bonds. The molecule has 1 aliphatic heterocycles. The first kappa shape index (κ1) is 13.2. The number of nitrogen functional groups attached to an aromatic ring is 1. The summed E-state index contributed by atoms with van der Waals surface area (Å²) in [5, 5.41) is 10.8. The zero-order chi connectivity index (χ0) is 14.8. The molecule has 0 fully saturated rings. The van der Waals surface area contributed by atoms with Gasteiger partial charge in [-0.25, -0.2) is 4.98 Å². The average Bonchev–Trinajstić information content (AvgIpc) is 2.68. The lowest BCUT2D eigenvalue weighted by molar-refractivity contribution is -0.384. The first-order chi connectivity index (χ1) is 10.1. The number of nitrogens with zero attached hydrogens (tertiary/aromatic N) is 3. The molecule has 0 bridgehead atoms. The molecule has 7 heteroatoms. The second-order valence-corrected chi connectivity index (χ2v) is 4.71. The Labute approximate surface area is 121 Å². The lowest BCUT2D eigenvalue weighted by atomic mass is 10.2. The lowest BCUT2D eigenvalue weighted by Crippen LogP contribution is -2.26. The van der Waals surface area contributed by atoms with Crippen LogP contribution in [0, 0.1) is 10.1 Å². The minimum atomic E-state index is -0.535. The van der Waals surface area contributed by atoms with E-state index in [4.69, 9.17) is 10.5 Å². The molecule has 0 unspecified atom stereocenters. The third kappa shape index (κ3) is 2.58. The molecular weight excluding hydrogens is 272 g/mol. The highest BCUT2D eigenvalue weighted by molar-refractivity contribution is 5.58. The van der Waals surface area contributed by atoms with Gasteiger partial charge in [-0.1, -0.05) is 18.2 Å². The number of rotatable bonds is 2. The highest BCUT2D eigenvalue weighted by atomic mass is 16.6. The van der Waals surface area contributed by atoms with Crippen LogP contribution in [0.4, 0.5) is 17.3 Å². The van der Waals surface area contributed by atoms with E-state index in [-0.39, 0.29) is 11.5 Å². The Morgan fingerprint density at radius 1 is 1.29 bits per heavy atom. The van der Waals surface area contributed by atoms with Gasteiger partial charge in [0.1, 0.15) is 18.2 Å². The van der Waals surface area contributed by atoms with Crippen LogP contribution in [0.5, 0.6) is 5.75 Å². The van der Waals surface area contributed by atoms with E-state index in [2.05, 4.69) is 4.98 Å². The number of fused-ring (bicyclic) bond motifs is 1. The molecule has 108 valence electrons. The highest BCUT2D eigenvalue weighted by Gasteiger charge is 2.19. The monoisotopic (exact) mass is 286 g/mol. The van der Waals surface area contributed by atoms with Gasteiger partial charge in [0.05, 0.1) is 11.5 Å². The minimum absolute atomic E-state index is 0.0732. The van der Waals surface area contributed by atoms with Crippen molar-refractivity contribution < 1.29 is 9.66 Å². The summed E-state index contributed by atoms with van der Waals surface area (Å²) in [7, 11) is 0. The molecule has 2 N–H and O–H groups in total. The second-order valence-electron chi connectivity index (χ2n) is 4.71. The number of benzene rings is 1. The fourth-order valence-electron chi connectivity index (χ4n) is 2.31. The molecular formula is C14H14N4O3. The van der Waals surface area contributed by atoms with Gasteiger partial charge in [-0.2, -0.15) is 0 Å². The van der Waals surface area contributed by atoms with Gasteiger partial charge in [0.15, 0.2) is 0 Å². The van der Waals surface area contributed by atoms with Crippen molar-refractivity contribution in [3.63, 3.8) is 0 Å². The number of aromatic nitrogens is 1. The van der Waals surface area contributed by atoms with Crippen molar-refractivity contribution in [3.8, 4) is 5.75 Å². The maximum Gasteiger partial charge on any atom is 0.311 e. The molecule has 0 radical (unpaired) electrons. The number of hydrogen-bond acceptors (Lipinski definition) is 6. The molecule has 1 aliphatic rings. The van der Waals surface area contributed by atoms with Gasteiger partial charge in [-0.05, 0) is 12.1 Å². The maximum absolute atomic E-state index is 10.8. The second kappa shape index (κ2) is 5.28. The summed E-state index contributed by atoms with van der Waals surface area (Å²) < 4.78 is 5.68. The molecule has 2 aromatic rings. The first-order valence-electron chi connectivity index (χ1n) is 6.52. The van der Waals surface area contributed by atoms with Gasteiger partial charge >= 0.3 is 5.69 Å². The van der Waals surface area contributed by atoms with Gasteiger partial charge in [0, 0.05) is 18.2 Å². The summed E-state index contributed by atoms with van der Waals surface area (Å²) >= 11 is 0. The number of para-hydroxylation sites is 1. The van der Waals surface area contributed by atoms with Crippen LogP contribution in [0.15, 0.2) is 36.4 Å². The number of nitrogens with two attached hydrogens (primary N) is 1. The fourth-order valence-corrected chi connectivity index (χ4v) is 2.31. The zero-order valence-electron chi connectivity index (χ0n) is 11.2. The highest BCUT2D eigenvalue weighted by Crippen LogP contribution is 2.27. The van der Waals surface area contributed by atoms with Crippen LogP contribution in [0.25, 0.3) is 0 Å². The van der Waals surface area contributed by atoms with Crippen LogP contribution in [0.1, 0.15) is 5.56 Å². The molecule has 0 spiro atoms. The Balaban J connectivity index is 1.91.